The molecule has 0 bridgehead atoms. The molecule has 5 nitrogen and oxygen atoms in total. The van der Waals surface area contributed by atoms with Crippen LogP contribution in [0.2, 0.25) is 0 Å². The van der Waals surface area contributed by atoms with Crippen LogP contribution in [-0.2, 0) is 11.2 Å². The predicted octanol–water partition coefficient (Wildman–Crippen LogP) is 3.20. The van der Waals surface area contributed by atoms with Crippen molar-refractivity contribution >= 4 is 28.8 Å². The molecule has 0 atom stereocenters. The molecule has 2 rings (SSSR count). The van der Waals surface area contributed by atoms with Crippen molar-refractivity contribution in [3.05, 3.63) is 45.9 Å². The van der Waals surface area contributed by atoms with Crippen LogP contribution in [0.5, 0.6) is 0 Å². The molecule has 122 valence electrons. The summed E-state index contributed by atoms with van der Waals surface area (Å²) in [7, 11) is 0. The number of amides is 2. The molecule has 1 heterocycles. The number of carbonyl (C=O) groups excluding carboxylic acids is 2. The fraction of sp³-hybridized carbons (Fsp3) is 0.353. The SMILES string of the molecule is CC(=O)Nc1ccc(CCNC(=O)c2csc(C(C)C)n2)cc1. The van der Waals surface area contributed by atoms with E-state index in [1.807, 2.05) is 24.3 Å². The van der Waals surface area contributed by atoms with E-state index in [-0.39, 0.29) is 11.8 Å². The van der Waals surface area contributed by atoms with E-state index in [0.717, 1.165) is 22.7 Å². The molecule has 0 radical (unpaired) electrons. The molecule has 0 fully saturated rings. The van der Waals surface area contributed by atoms with Crippen LogP contribution in [0.25, 0.3) is 0 Å². The lowest BCUT2D eigenvalue weighted by Crippen LogP contribution is -2.26. The highest BCUT2D eigenvalue weighted by molar-refractivity contribution is 7.09. The lowest BCUT2D eigenvalue weighted by atomic mass is 10.1. The van der Waals surface area contributed by atoms with Gasteiger partial charge in [-0.05, 0) is 24.1 Å². The molecule has 0 saturated heterocycles. The maximum atomic E-state index is 12.0. The first-order chi connectivity index (χ1) is 11.0. The minimum Gasteiger partial charge on any atom is -0.350 e. The second-order valence-corrected chi connectivity index (χ2v) is 6.50. The third kappa shape index (κ3) is 5.17. The molecule has 0 spiro atoms. The van der Waals surface area contributed by atoms with Crippen LogP contribution in [0.3, 0.4) is 0 Å². The van der Waals surface area contributed by atoms with Crippen molar-refractivity contribution in [2.75, 3.05) is 11.9 Å². The molecule has 0 aliphatic carbocycles. The normalized spacial score (nSPS) is 10.6. The Morgan fingerprint density at radius 1 is 1.22 bits per heavy atom. The van der Waals surface area contributed by atoms with Gasteiger partial charge in [0, 0.05) is 30.5 Å². The molecule has 2 aromatic rings. The minimum atomic E-state index is -0.136. The van der Waals surface area contributed by atoms with Crippen molar-refractivity contribution in [3.8, 4) is 0 Å². The summed E-state index contributed by atoms with van der Waals surface area (Å²) in [6.07, 6.45) is 0.729. The van der Waals surface area contributed by atoms with Gasteiger partial charge >= 0.3 is 0 Å². The Labute approximate surface area is 140 Å². The second-order valence-electron chi connectivity index (χ2n) is 5.61. The number of anilines is 1. The van der Waals surface area contributed by atoms with Gasteiger partial charge in [-0.2, -0.15) is 0 Å². The number of nitrogens with one attached hydrogen (secondary N) is 2. The summed E-state index contributed by atoms with van der Waals surface area (Å²) in [5, 5.41) is 8.38. The van der Waals surface area contributed by atoms with Crippen LogP contribution in [0.15, 0.2) is 29.6 Å². The molecule has 2 N–H and O–H groups in total. The second kappa shape index (κ2) is 7.87. The summed E-state index contributed by atoms with van der Waals surface area (Å²) in [4.78, 5) is 27.3. The summed E-state index contributed by atoms with van der Waals surface area (Å²) in [6, 6.07) is 7.59. The molecule has 2 amide bonds. The Morgan fingerprint density at radius 2 is 1.91 bits per heavy atom. The van der Waals surface area contributed by atoms with E-state index in [0.29, 0.717) is 18.2 Å². The van der Waals surface area contributed by atoms with E-state index in [1.54, 1.807) is 5.38 Å². The molecule has 0 unspecified atom stereocenters. The van der Waals surface area contributed by atoms with Gasteiger partial charge in [0.05, 0.1) is 5.01 Å². The number of hydrogen-bond donors (Lipinski definition) is 2. The summed E-state index contributed by atoms with van der Waals surface area (Å²) in [5.41, 5.74) is 2.36. The number of nitrogens with zero attached hydrogens (tertiary/aromatic N) is 1. The van der Waals surface area contributed by atoms with Gasteiger partial charge in [-0.15, -0.1) is 11.3 Å². The van der Waals surface area contributed by atoms with Crippen LogP contribution in [0, 0.1) is 0 Å². The van der Waals surface area contributed by atoms with Crippen LogP contribution < -0.4 is 10.6 Å². The third-order valence-electron chi connectivity index (χ3n) is 3.22. The van der Waals surface area contributed by atoms with Crippen molar-refractivity contribution < 1.29 is 9.59 Å². The van der Waals surface area contributed by atoms with Crippen molar-refractivity contribution in [1.29, 1.82) is 0 Å². The number of aromatic nitrogens is 1. The first kappa shape index (κ1) is 17.1. The van der Waals surface area contributed by atoms with Crippen molar-refractivity contribution in [2.24, 2.45) is 0 Å². The molecule has 6 heteroatoms. The highest BCUT2D eigenvalue weighted by Gasteiger charge is 2.11. The van der Waals surface area contributed by atoms with Crippen molar-refractivity contribution in [2.45, 2.75) is 33.1 Å². The van der Waals surface area contributed by atoms with Gasteiger partial charge in [0.2, 0.25) is 5.91 Å². The Bertz CT molecular complexity index is 677. The van der Waals surface area contributed by atoms with Gasteiger partial charge in [0.15, 0.2) is 0 Å². The Kier molecular flexibility index (Phi) is 5.87. The van der Waals surface area contributed by atoms with Gasteiger partial charge in [0.25, 0.3) is 5.91 Å². The van der Waals surface area contributed by atoms with E-state index >= 15 is 0 Å². The van der Waals surface area contributed by atoms with Crippen LogP contribution in [0.1, 0.15) is 47.7 Å². The van der Waals surface area contributed by atoms with E-state index in [2.05, 4.69) is 29.5 Å². The number of hydrogen-bond acceptors (Lipinski definition) is 4. The average molecular weight is 331 g/mol. The number of benzene rings is 1. The van der Waals surface area contributed by atoms with Crippen molar-refractivity contribution in [3.63, 3.8) is 0 Å². The summed E-state index contributed by atoms with van der Waals surface area (Å²) in [6.45, 7) is 6.15. The lowest BCUT2D eigenvalue weighted by molar-refractivity contribution is -0.114. The topological polar surface area (TPSA) is 71.1 Å². The van der Waals surface area contributed by atoms with E-state index in [1.165, 1.54) is 18.3 Å². The summed E-state index contributed by atoms with van der Waals surface area (Å²) >= 11 is 1.52. The van der Waals surface area contributed by atoms with E-state index in [9.17, 15) is 9.59 Å². The molecule has 23 heavy (non-hydrogen) atoms. The highest BCUT2D eigenvalue weighted by atomic mass is 32.1. The maximum Gasteiger partial charge on any atom is 0.270 e. The molecule has 0 aliphatic rings. The first-order valence-corrected chi connectivity index (χ1v) is 8.44. The van der Waals surface area contributed by atoms with Gasteiger partial charge in [0.1, 0.15) is 5.69 Å². The largest absolute Gasteiger partial charge is 0.350 e. The van der Waals surface area contributed by atoms with Gasteiger partial charge in [-0.25, -0.2) is 4.98 Å². The predicted molar refractivity (Wildman–Crippen MR) is 93.0 cm³/mol. The van der Waals surface area contributed by atoms with E-state index < -0.39 is 0 Å². The summed E-state index contributed by atoms with van der Waals surface area (Å²) in [5.74, 6) is 0.112. The molecule has 0 aliphatic heterocycles. The van der Waals surface area contributed by atoms with E-state index in [4.69, 9.17) is 0 Å². The number of rotatable bonds is 6. The van der Waals surface area contributed by atoms with Crippen LogP contribution in [0.4, 0.5) is 5.69 Å². The minimum absolute atomic E-state index is 0.0888. The fourth-order valence-corrected chi connectivity index (χ4v) is 2.84. The van der Waals surface area contributed by atoms with Gasteiger partial charge < -0.3 is 10.6 Å². The monoisotopic (exact) mass is 331 g/mol. The Balaban J connectivity index is 1.81. The molecular weight excluding hydrogens is 310 g/mol. The molecule has 0 saturated carbocycles. The fourth-order valence-electron chi connectivity index (χ4n) is 2.03. The van der Waals surface area contributed by atoms with Gasteiger partial charge in [-0.3, -0.25) is 9.59 Å². The Hall–Kier alpha value is -2.21. The Morgan fingerprint density at radius 3 is 2.48 bits per heavy atom. The first-order valence-electron chi connectivity index (χ1n) is 7.56. The standard InChI is InChI=1S/C17H21N3O2S/c1-11(2)17-20-15(10-23-17)16(22)18-9-8-13-4-6-14(7-5-13)19-12(3)21/h4-7,10-11H,8-9H2,1-3H3,(H,18,22)(H,19,21). The zero-order valence-corrected chi connectivity index (χ0v) is 14.4. The summed E-state index contributed by atoms with van der Waals surface area (Å²) < 4.78 is 0. The highest BCUT2D eigenvalue weighted by Crippen LogP contribution is 2.19. The molecule has 1 aromatic carbocycles. The zero-order valence-electron chi connectivity index (χ0n) is 13.6. The maximum absolute atomic E-state index is 12.0. The average Bonchev–Trinajstić information content (AvgIpc) is 2.98. The number of carbonyl (C=O) groups is 2. The number of thiazole rings is 1. The third-order valence-corrected chi connectivity index (χ3v) is 4.37. The molecule has 1 aromatic heterocycles. The molecular formula is C17H21N3O2S. The van der Waals surface area contributed by atoms with Crippen molar-refractivity contribution in [1.82, 2.24) is 10.3 Å². The van der Waals surface area contributed by atoms with Crippen LogP contribution in [-0.4, -0.2) is 23.3 Å². The zero-order chi connectivity index (χ0) is 16.8. The van der Waals surface area contributed by atoms with Crippen LogP contribution >= 0.6 is 11.3 Å². The quantitative estimate of drug-likeness (QED) is 0.854. The van der Waals surface area contributed by atoms with Gasteiger partial charge in [-0.1, -0.05) is 26.0 Å². The lowest BCUT2D eigenvalue weighted by Gasteiger charge is -2.06. The smallest absolute Gasteiger partial charge is 0.270 e.